The topological polar surface area (TPSA) is 31.2 Å². The van der Waals surface area contributed by atoms with Gasteiger partial charge in [0.25, 0.3) is 0 Å². The monoisotopic (exact) mass is 97.1 g/mol. The Balaban J connectivity index is 2.25. The maximum absolute atomic E-state index is 10.3. The maximum Gasteiger partial charge on any atom is 0.153 e. The van der Waals surface area contributed by atoms with E-state index in [-0.39, 0.29) is 5.78 Å². The number of Topliss-reactive ketones (excluding diaryl/α,β-unsaturated/α-hetero) is 1. The molecule has 38 valence electrons. The summed E-state index contributed by atoms with van der Waals surface area (Å²) in [5.41, 5.74) is 0. The number of hydrogen-bond donors (Lipinski definition) is 0. The molecule has 0 saturated carbocycles. The van der Waals surface area contributed by atoms with Crippen LogP contribution in [0.2, 0.25) is 0 Å². The first kappa shape index (κ1) is 4.78. The highest BCUT2D eigenvalue weighted by Crippen LogP contribution is 1.98. The van der Waals surface area contributed by atoms with E-state index in [1.165, 1.54) is 6.54 Å². The molecule has 0 bridgehead atoms. The van der Waals surface area contributed by atoms with Crippen molar-refractivity contribution in [2.75, 3.05) is 6.54 Å². The lowest BCUT2D eigenvalue weighted by Crippen LogP contribution is -2.18. The van der Waals surface area contributed by atoms with Gasteiger partial charge in [-0.3, -0.25) is 4.79 Å². The smallest absolute Gasteiger partial charge is 0.153 e. The Morgan fingerprint density at radius 3 is 2.86 bits per heavy atom. The van der Waals surface area contributed by atoms with Gasteiger partial charge in [0.05, 0.1) is 0 Å². The maximum atomic E-state index is 10.3. The van der Waals surface area contributed by atoms with Crippen LogP contribution in [0.5, 0.6) is 0 Å². The summed E-state index contributed by atoms with van der Waals surface area (Å²) in [6.07, 6.45) is 1.64. The van der Waals surface area contributed by atoms with Crippen LogP contribution in [0, 0.1) is 6.54 Å². The molecule has 2 radical (unpaired) electrons. The molecule has 1 aliphatic rings. The van der Waals surface area contributed by atoms with Crippen molar-refractivity contribution < 1.29 is 4.79 Å². The van der Waals surface area contributed by atoms with Gasteiger partial charge >= 0.3 is 0 Å². The first-order valence-corrected chi connectivity index (χ1v) is 2.42. The van der Waals surface area contributed by atoms with Crippen LogP contribution < -0.4 is 5.32 Å². The van der Waals surface area contributed by atoms with Crippen molar-refractivity contribution in [3.63, 3.8) is 0 Å². The fourth-order valence-electron chi connectivity index (χ4n) is 0.575. The fraction of sp³-hybridized carbons (Fsp3) is 0.600. The van der Waals surface area contributed by atoms with Crippen LogP contribution in [-0.2, 0) is 4.79 Å². The van der Waals surface area contributed by atoms with E-state index in [0.29, 0.717) is 6.42 Å². The van der Waals surface area contributed by atoms with E-state index < -0.39 is 0 Å². The second kappa shape index (κ2) is 2.07. The Labute approximate surface area is 42.9 Å². The standard InChI is InChI=1S/C5H7NO/c7-5-2-1-3-6-4-5/h4H,1-3H2. The molecule has 1 saturated heterocycles. The third-order valence-corrected chi connectivity index (χ3v) is 0.946. The summed E-state index contributed by atoms with van der Waals surface area (Å²) in [4.78, 5) is 10.3. The zero-order valence-electron chi connectivity index (χ0n) is 4.05. The third-order valence-electron chi connectivity index (χ3n) is 0.946. The molecule has 1 rings (SSSR count). The molecule has 1 heterocycles. The van der Waals surface area contributed by atoms with Gasteiger partial charge in [-0.15, -0.1) is 0 Å². The molecular formula is C5H7NO. The van der Waals surface area contributed by atoms with Crippen LogP contribution in [0.3, 0.4) is 0 Å². The van der Waals surface area contributed by atoms with Crippen molar-refractivity contribution in [3.05, 3.63) is 6.54 Å². The second-order valence-electron chi connectivity index (χ2n) is 1.61. The summed E-state index contributed by atoms with van der Waals surface area (Å²) < 4.78 is 0. The summed E-state index contributed by atoms with van der Waals surface area (Å²) in [5.74, 6) is 0.172. The van der Waals surface area contributed by atoms with Crippen molar-refractivity contribution in [2.45, 2.75) is 12.8 Å². The molecule has 1 fully saturated rings. The molecule has 0 unspecified atom stereocenters. The van der Waals surface area contributed by atoms with Crippen LogP contribution in [0.15, 0.2) is 0 Å². The lowest BCUT2D eigenvalue weighted by molar-refractivity contribution is -0.117. The minimum Gasteiger partial charge on any atom is -0.298 e. The number of rotatable bonds is 0. The highest BCUT2D eigenvalue weighted by Gasteiger charge is 2.07. The van der Waals surface area contributed by atoms with E-state index in [0.717, 1.165) is 13.0 Å². The number of piperidine rings is 1. The fourth-order valence-corrected chi connectivity index (χ4v) is 0.575. The third kappa shape index (κ3) is 1.27. The molecule has 0 aromatic carbocycles. The summed E-state index contributed by atoms with van der Waals surface area (Å²) in [6.45, 7) is 2.26. The molecule has 0 aliphatic carbocycles. The van der Waals surface area contributed by atoms with Gasteiger partial charge in [0, 0.05) is 13.0 Å². The van der Waals surface area contributed by atoms with Gasteiger partial charge in [0.1, 0.15) is 6.54 Å². The lowest BCUT2D eigenvalue weighted by Gasteiger charge is -2.05. The molecule has 0 amide bonds. The first-order valence-electron chi connectivity index (χ1n) is 2.42. The van der Waals surface area contributed by atoms with Gasteiger partial charge in [0.15, 0.2) is 5.78 Å². The van der Waals surface area contributed by atoms with Crippen LogP contribution in [0.1, 0.15) is 12.8 Å². The van der Waals surface area contributed by atoms with Gasteiger partial charge < -0.3 is 0 Å². The molecule has 2 nitrogen and oxygen atoms in total. The van der Waals surface area contributed by atoms with Crippen LogP contribution in [0.4, 0.5) is 0 Å². The molecule has 2 heteroatoms. The summed E-state index contributed by atoms with van der Waals surface area (Å²) >= 11 is 0. The molecule has 0 aromatic rings. The first-order chi connectivity index (χ1) is 3.39. The number of carbonyl (C=O) groups excluding carboxylic acids is 1. The van der Waals surface area contributed by atoms with Gasteiger partial charge in [-0.25, -0.2) is 5.32 Å². The molecule has 7 heavy (non-hydrogen) atoms. The SMILES string of the molecule is O=C1[CH][N]CCC1. The highest BCUT2D eigenvalue weighted by atomic mass is 16.1. The van der Waals surface area contributed by atoms with Gasteiger partial charge in [-0.2, -0.15) is 0 Å². The minimum atomic E-state index is 0.172. The average Bonchev–Trinajstić information content (AvgIpc) is 1.69. The quantitative estimate of drug-likeness (QED) is 0.422. The van der Waals surface area contributed by atoms with E-state index in [2.05, 4.69) is 5.32 Å². The molecule has 0 atom stereocenters. The number of ketones is 1. The van der Waals surface area contributed by atoms with Crippen molar-refractivity contribution in [3.8, 4) is 0 Å². The Hall–Kier alpha value is -0.370. The molecule has 0 spiro atoms. The van der Waals surface area contributed by atoms with E-state index in [1.54, 1.807) is 0 Å². The van der Waals surface area contributed by atoms with Crippen molar-refractivity contribution in [1.29, 1.82) is 0 Å². The summed E-state index contributed by atoms with van der Waals surface area (Å²) in [7, 11) is 0. The Kier molecular flexibility index (Phi) is 1.42. The Bertz CT molecular complexity index is 72.1. The van der Waals surface area contributed by atoms with Crippen molar-refractivity contribution >= 4 is 5.78 Å². The number of carbonyl (C=O) groups is 1. The van der Waals surface area contributed by atoms with E-state index >= 15 is 0 Å². The zero-order chi connectivity index (χ0) is 5.11. The van der Waals surface area contributed by atoms with Gasteiger partial charge in [-0.05, 0) is 6.42 Å². The molecular weight excluding hydrogens is 90.1 g/mol. The zero-order valence-corrected chi connectivity index (χ0v) is 4.05. The van der Waals surface area contributed by atoms with Crippen molar-refractivity contribution in [2.24, 2.45) is 0 Å². The minimum absolute atomic E-state index is 0.172. The van der Waals surface area contributed by atoms with E-state index in [4.69, 9.17) is 0 Å². The predicted molar refractivity (Wildman–Crippen MR) is 25.5 cm³/mol. The predicted octanol–water partition coefficient (Wildman–Crippen LogP) is 0.115. The molecule has 0 aromatic heterocycles. The van der Waals surface area contributed by atoms with Gasteiger partial charge in [0.2, 0.25) is 0 Å². The van der Waals surface area contributed by atoms with Gasteiger partial charge in [-0.1, -0.05) is 0 Å². The summed E-state index contributed by atoms with van der Waals surface area (Å²) in [6, 6.07) is 0. The number of hydrogen-bond acceptors (Lipinski definition) is 1. The second-order valence-corrected chi connectivity index (χ2v) is 1.61. The van der Waals surface area contributed by atoms with Crippen molar-refractivity contribution in [1.82, 2.24) is 5.32 Å². The van der Waals surface area contributed by atoms with E-state index in [9.17, 15) is 4.79 Å². The normalized spacial score (nSPS) is 22.6. The lowest BCUT2D eigenvalue weighted by atomic mass is 10.1. The van der Waals surface area contributed by atoms with Crippen LogP contribution in [-0.4, -0.2) is 12.3 Å². The largest absolute Gasteiger partial charge is 0.298 e. The Morgan fingerprint density at radius 1 is 1.71 bits per heavy atom. The Morgan fingerprint density at radius 2 is 2.57 bits per heavy atom. The van der Waals surface area contributed by atoms with Crippen LogP contribution in [0.25, 0.3) is 0 Å². The van der Waals surface area contributed by atoms with E-state index in [1.807, 2.05) is 0 Å². The number of nitrogens with zero attached hydrogens (tertiary/aromatic N) is 1. The molecule has 0 N–H and O–H groups in total. The average molecular weight is 97.1 g/mol. The highest BCUT2D eigenvalue weighted by molar-refractivity contribution is 5.86. The van der Waals surface area contributed by atoms with Crippen LogP contribution >= 0.6 is 0 Å². The molecule has 1 aliphatic heterocycles. The summed E-state index contributed by atoms with van der Waals surface area (Å²) in [5, 5.41) is 3.78.